The van der Waals surface area contributed by atoms with E-state index in [4.69, 9.17) is 15.3 Å². The molecule has 2 unspecified atom stereocenters. The smallest absolute Gasteiger partial charge is 0.189 e. The topological polar surface area (TPSA) is 81.3 Å². The average molecular weight is 163 g/mol. The second kappa shape index (κ2) is 5.43. The monoisotopic (exact) mass is 163 g/mol. The minimum Gasteiger partial charge on any atom is -0.378 e. The van der Waals surface area contributed by atoms with Gasteiger partial charge in [0.05, 0.1) is 6.07 Å². The molecule has 2 N–H and O–H groups in total. The summed E-state index contributed by atoms with van der Waals surface area (Å²) >= 11 is 0. The van der Waals surface area contributed by atoms with Crippen LogP contribution in [0.4, 0.5) is 0 Å². The number of rotatable bonds is 4. The van der Waals surface area contributed by atoms with Crippen LogP contribution < -0.4 is 0 Å². The Bertz CT molecular complexity index is 153. The zero-order chi connectivity index (χ0) is 7.98. The highest BCUT2D eigenvalue weighted by atomic mass is 31.1. The largest absolute Gasteiger partial charge is 0.378 e. The quantitative estimate of drug-likeness (QED) is 0.455. The highest BCUT2D eigenvalue weighted by Crippen LogP contribution is 2.15. The lowest BCUT2D eigenvalue weighted by Crippen LogP contribution is -2.01. The van der Waals surface area contributed by atoms with Gasteiger partial charge in [0.25, 0.3) is 0 Å². The van der Waals surface area contributed by atoms with Crippen molar-refractivity contribution in [2.24, 2.45) is 0 Å². The van der Waals surface area contributed by atoms with Crippen LogP contribution in [0.3, 0.4) is 0 Å². The van der Waals surface area contributed by atoms with Crippen LogP contribution in [-0.2, 0) is 4.57 Å². The Hall–Kier alpha value is -0.360. The summed E-state index contributed by atoms with van der Waals surface area (Å²) in [6.07, 6.45) is -0.0683. The maximum absolute atomic E-state index is 10.1. The molecule has 0 aromatic rings. The zero-order valence-corrected chi connectivity index (χ0v) is 6.45. The lowest BCUT2D eigenvalue weighted by atomic mass is 10.2. The lowest BCUT2D eigenvalue weighted by Gasteiger charge is -1.97. The Kier molecular flexibility index (Phi) is 5.23. The Morgan fingerprint density at radius 1 is 1.70 bits per heavy atom. The first kappa shape index (κ1) is 9.64. The van der Waals surface area contributed by atoms with Gasteiger partial charge in [0, 0.05) is 6.16 Å². The summed E-state index contributed by atoms with van der Waals surface area (Å²) in [6.45, 7) is 0. The molecular weight excluding hydrogens is 153 g/mol. The Morgan fingerprint density at radius 3 is 2.70 bits per heavy atom. The van der Waals surface area contributed by atoms with Crippen molar-refractivity contribution in [1.29, 1.82) is 5.26 Å². The fourth-order valence-electron chi connectivity index (χ4n) is 0.511. The van der Waals surface area contributed by atoms with Crippen molar-refractivity contribution >= 4 is 8.03 Å². The number of aliphatic hydroxyl groups is 1. The highest BCUT2D eigenvalue weighted by Gasteiger charge is 2.01. The van der Waals surface area contributed by atoms with Gasteiger partial charge in [-0.25, -0.2) is 0 Å². The van der Waals surface area contributed by atoms with Gasteiger partial charge >= 0.3 is 0 Å². The third-order valence-electron chi connectivity index (χ3n) is 1.02. The van der Waals surface area contributed by atoms with Crippen LogP contribution >= 0.6 is 8.03 Å². The van der Waals surface area contributed by atoms with Crippen LogP contribution in [0.1, 0.15) is 12.8 Å². The molecule has 0 aliphatic heterocycles. The summed E-state index contributed by atoms with van der Waals surface area (Å²) in [5.74, 6) is 0. The van der Waals surface area contributed by atoms with E-state index in [1.165, 1.54) is 0 Å². The van der Waals surface area contributed by atoms with Gasteiger partial charge in [0.15, 0.2) is 8.03 Å². The van der Waals surface area contributed by atoms with Gasteiger partial charge in [0.2, 0.25) is 0 Å². The first-order chi connectivity index (χ1) is 4.66. The minimum atomic E-state index is -2.41. The number of aliphatic hydroxyl groups excluding tert-OH is 1. The molecule has 2 atom stereocenters. The molecule has 0 spiro atoms. The molecule has 0 amide bonds. The molecule has 0 aromatic carbocycles. The molecule has 0 aliphatic rings. The van der Waals surface area contributed by atoms with Gasteiger partial charge in [-0.3, -0.25) is 4.57 Å². The molecule has 10 heavy (non-hydrogen) atoms. The summed E-state index contributed by atoms with van der Waals surface area (Å²) in [5.41, 5.74) is 0. The molecule has 0 fully saturated rings. The van der Waals surface area contributed by atoms with Crippen LogP contribution in [0.5, 0.6) is 0 Å². The number of nitriles is 1. The molecule has 0 saturated heterocycles. The summed E-state index contributed by atoms with van der Waals surface area (Å²) in [5, 5.41) is 16.7. The van der Waals surface area contributed by atoms with E-state index in [-0.39, 0.29) is 12.6 Å². The van der Waals surface area contributed by atoms with Crippen LogP contribution in [0.2, 0.25) is 0 Å². The van der Waals surface area contributed by atoms with Gasteiger partial charge in [-0.15, -0.1) is 0 Å². The van der Waals surface area contributed by atoms with E-state index >= 15 is 0 Å². The predicted molar refractivity (Wildman–Crippen MR) is 36.9 cm³/mol. The Balaban J connectivity index is 3.22. The Morgan fingerprint density at radius 2 is 2.30 bits per heavy atom. The fourth-order valence-corrected chi connectivity index (χ4v) is 1.02. The van der Waals surface area contributed by atoms with E-state index < -0.39 is 14.1 Å². The van der Waals surface area contributed by atoms with Gasteiger partial charge in [-0.2, -0.15) is 5.26 Å². The predicted octanol–water partition coefficient (Wildman–Crippen LogP) is 0.118. The molecule has 0 rings (SSSR count). The summed E-state index contributed by atoms with van der Waals surface area (Å²) < 4.78 is 10.1. The van der Waals surface area contributed by atoms with Crippen molar-refractivity contribution < 1.29 is 14.6 Å². The summed E-state index contributed by atoms with van der Waals surface area (Å²) in [6, 6.07) is 1.62. The van der Waals surface area contributed by atoms with Crippen LogP contribution in [0.15, 0.2) is 0 Å². The van der Waals surface area contributed by atoms with Crippen molar-refractivity contribution in [3.8, 4) is 6.07 Å². The maximum Gasteiger partial charge on any atom is 0.189 e. The molecule has 0 radical (unpaired) electrons. The van der Waals surface area contributed by atoms with E-state index in [1.807, 2.05) is 0 Å². The van der Waals surface area contributed by atoms with Crippen LogP contribution in [-0.4, -0.2) is 22.3 Å². The van der Waals surface area contributed by atoms with Crippen molar-refractivity contribution in [3.05, 3.63) is 0 Å². The third-order valence-corrected chi connectivity index (χ3v) is 1.80. The minimum absolute atomic E-state index is 0.198. The van der Waals surface area contributed by atoms with E-state index in [0.29, 0.717) is 6.42 Å². The second-order valence-corrected chi connectivity index (χ2v) is 3.22. The van der Waals surface area contributed by atoms with Gasteiger partial charge in [-0.05, 0) is 12.8 Å². The SMILES string of the molecule is N#CC(O)CCC[PH](=O)O. The average Bonchev–Trinajstić information content (AvgIpc) is 1.87. The zero-order valence-electron chi connectivity index (χ0n) is 5.45. The standard InChI is InChI=1S/C5H10NO3P/c6-4-5(7)2-1-3-10(8)9/h5,7,10H,1-3H2,(H,8,9). The highest BCUT2D eigenvalue weighted by molar-refractivity contribution is 7.37. The summed E-state index contributed by atoms with van der Waals surface area (Å²) in [7, 11) is -2.41. The molecule has 0 saturated carbocycles. The third kappa shape index (κ3) is 5.77. The van der Waals surface area contributed by atoms with Crippen LogP contribution in [0, 0.1) is 11.3 Å². The molecule has 5 heteroatoms. The lowest BCUT2D eigenvalue weighted by molar-refractivity contribution is 0.218. The van der Waals surface area contributed by atoms with Gasteiger partial charge in [0.1, 0.15) is 6.10 Å². The summed E-state index contributed by atoms with van der Waals surface area (Å²) in [4.78, 5) is 8.32. The van der Waals surface area contributed by atoms with Crippen molar-refractivity contribution in [3.63, 3.8) is 0 Å². The first-order valence-corrected chi connectivity index (χ1v) is 4.52. The Labute approximate surface area is 60.0 Å². The first-order valence-electron chi connectivity index (χ1n) is 2.96. The van der Waals surface area contributed by atoms with Gasteiger partial charge in [-0.1, -0.05) is 0 Å². The maximum atomic E-state index is 10.1. The molecule has 0 heterocycles. The molecule has 4 nitrogen and oxygen atoms in total. The van der Waals surface area contributed by atoms with Crippen molar-refractivity contribution in [2.75, 3.05) is 6.16 Å². The van der Waals surface area contributed by atoms with E-state index in [1.54, 1.807) is 6.07 Å². The molecule has 0 bridgehead atoms. The van der Waals surface area contributed by atoms with Crippen LogP contribution in [0.25, 0.3) is 0 Å². The second-order valence-electron chi connectivity index (χ2n) is 1.93. The number of hydrogen-bond acceptors (Lipinski definition) is 3. The molecule has 0 aliphatic carbocycles. The fraction of sp³-hybridized carbons (Fsp3) is 0.800. The molecule has 0 aromatic heterocycles. The van der Waals surface area contributed by atoms with Crippen molar-refractivity contribution in [2.45, 2.75) is 18.9 Å². The van der Waals surface area contributed by atoms with Gasteiger partial charge < -0.3 is 10.00 Å². The van der Waals surface area contributed by atoms with E-state index in [2.05, 4.69) is 0 Å². The van der Waals surface area contributed by atoms with E-state index in [0.717, 1.165) is 0 Å². The normalized spacial score (nSPS) is 15.7. The molecule has 58 valence electrons. The molecular formula is C5H10NO3P. The number of hydrogen-bond donors (Lipinski definition) is 2. The number of nitrogens with zero attached hydrogens (tertiary/aromatic N) is 1. The van der Waals surface area contributed by atoms with Crippen molar-refractivity contribution in [1.82, 2.24) is 0 Å². The van der Waals surface area contributed by atoms with E-state index in [9.17, 15) is 4.57 Å².